The van der Waals surface area contributed by atoms with E-state index >= 15 is 0 Å². The zero-order valence-electron chi connectivity index (χ0n) is 21.5. The smallest absolute Gasteiger partial charge is 0.269 e. The van der Waals surface area contributed by atoms with Crippen molar-refractivity contribution in [1.82, 2.24) is 15.1 Å². The molecule has 1 aromatic rings. The molecule has 9 heteroatoms. The molecular formula is C27H38N4O5. The van der Waals surface area contributed by atoms with E-state index in [2.05, 4.69) is 5.32 Å². The van der Waals surface area contributed by atoms with Crippen LogP contribution in [0.3, 0.4) is 0 Å². The van der Waals surface area contributed by atoms with Crippen molar-refractivity contribution < 1.29 is 19.3 Å². The Hall–Kier alpha value is -3.23. The summed E-state index contributed by atoms with van der Waals surface area (Å²) in [6, 6.07) is 5.15. The van der Waals surface area contributed by atoms with Gasteiger partial charge < -0.3 is 15.1 Å². The highest BCUT2D eigenvalue weighted by Gasteiger charge is 2.36. The molecule has 0 bridgehead atoms. The summed E-state index contributed by atoms with van der Waals surface area (Å²) in [6.07, 6.45) is 8.96. The van der Waals surface area contributed by atoms with Gasteiger partial charge in [-0.25, -0.2) is 0 Å². The molecule has 196 valence electrons. The van der Waals surface area contributed by atoms with Crippen LogP contribution in [0.1, 0.15) is 64.9 Å². The van der Waals surface area contributed by atoms with Crippen LogP contribution in [0, 0.1) is 22.0 Å². The molecule has 2 aliphatic rings. The van der Waals surface area contributed by atoms with Crippen molar-refractivity contribution in [2.24, 2.45) is 11.8 Å². The SMILES string of the molecule is CC[C@H](C)[C@H](NC(=O)/C=C/c1ccc([N+](=O)[O-])cc1)C(=O)N1CCN(C(=O)C2CCCCC2)[C@H](C)C1. The molecular weight excluding hydrogens is 460 g/mol. The van der Waals surface area contributed by atoms with Gasteiger partial charge in [0.05, 0.1) is 4.92 Å². The second-order valence-electron chi connectivity index (χ2n) is 10.1. The van der Waals surface area contributed by atoms with E-state index in [0.717, 1.165) is 32.1 Å². The van der Waals surface area contributed by atoms with Crippen molar-refractivity contribution in [3.63, 3.8) is 0 Å². The van der Waals surface area contributed by atoms with Crippen LogP contribution in [0.4, 0.5) is 5.69 Å². The van der Waals surface area contributed by atoms with Gasteiger partial charge >= 0.3 is 0 Å². The Morgan fingerprint density at radius 3 is 2.39 bits per heavy atom. The van der Waals surface area contributed by atoms with E-state index in [1.54, 1.807) is 23.1 Å². The molecule has 3 rings (SSSR count). The van der Waals surface area contributed by atoms with Crippen LogP contribution in [-0.2, 0) is 14.4 Å². The van der Waals surface area contributed by atoms with Crippen molar-refractivity contribution >= 4 is 29.5 Å². The van der Waals surface area contributed by atoms with Gasteiger partial charge in [-0.2, -0.15) is 0 Å². The zero-order valence-corrected chi connectivity index (χ0v) is 21.5. The second-order valence-corrected chi connectivity index (χ2v) is 10.1. The summed E-state index contributed by atoms with van der Waals surface area (Å²) < 4.78 is 0. The first-order chi connectivity index (χ1) is 17.2. The summed E-state index contributed by atoms with van der Waals surface area (Å²) in [5.41, 5.74) is 0.628. The van der Waals surface area contributed by atoms with Crippen molar-refractivity contribution in [1.29, 1.82) is 0 Å². The number of non-ortho nitro benzene ring substituents is 1. The molecule has 3 amide bonds. The fourth-order valence-corrected chi connectivity index (χ4v) is 5.03. The van der Waals surface area contributed by atoms with Crippen molar-refractivity contribution in [2.45, 2.75) is 71.4 Å². The van der Waals surface area contributed by atoms with E-state index in [0.29, 0.717) is 25.2 Å². The zero-order chi connectivity index (χ0) is 26.2. The molecule has 0 aromatic heterocycles. The molecule has 0 radical (unpaired) electrons. The topological polar surface area (TPSA) is 113 Å². The first kappa shape index (κ1) is 27.4. The third-order valence-electron chi connectivity index (χ3n) is 7.48. The summed E-state index contributed by atoms with van der Waals surface area (Å²) in [5, 5.41) is 13.7. The Labute approximate surface area is 213 Å². The molecule has 1 N–H and O–H groups in total. The molecule has 1 saturated heterocycles. The summed E-state index contributed by atoms with van der Waals surface area (Å²) in [4.78, 5) is 53.2. The molecule has 2 fully saturated rings. The minimum absolute atomic E-state index is 0.0196. The van der Waals surface area contributed by atoms with E-state index in [4.69, 9.17) is 0 Å². The number of amides is 3. The van der Waals surface area contributed by atoms with E-state index in [-0.39, 0.29) is 35.4 Å². The third kappa shape index (κ3) is 6.92. The number of hydrogen-bond donors (Lipinski definition) is 1. The van der Waals surface area contributed by atoms with Crippen LogP contribution in [0.25, 0.3) is 6.08 Å². The van der Waals surface area contributed by atoms with Crippen LogP contribution in [-0.4, -0.2) is 64.2 Å². The summed E-state index contributed by atoms with van der Waals surface area (Å²) in [7, 11) is 0. The fraction of sp³-hybridized carbons (Fsp3) is 0.593. The standard InChI is InChI=1S/C27H38N4O5/c1-4-19(2)25(28-24(32)15-12-21-10-13-23(14-11-21)31(35)36)27(34)29-16-17-30(20(3)18-29)26(33)22-8-6-5-7-9-22/h10-15,19-20,22,25H,4-9,16-18H2,1-3H3,(H,28,32)/b15-12+/t19-,20+,25-/m0/s1. The van der Waals surface area contributed by atoms with Gasteiger partial charge in [0.15, 0.2) is 0 Å². The van der Waals surface area contributed by atoms with Crippen LogP contribution in [0.2, 0.25) is 0 Å². The number of nitrogens with zero attached hydrogens (tertiary/aromatic N) is 3. The summed E-state index contributed by atoms with van der Waals surface area (Å²) in [5.74, 6) is -0.258. The van der Waals surface area contributed by atoms with Gasteiger partial charge in [0, 0.05) is 49.8 Å². The minimum atomic E-state index is -0.670. The van der Waals surface area contributed by atoms with E-state index < -0.39 is 16.9 Å². The van der Waals surface area contributed by atoms with Crippen LogP contribution in [0.15, 0.2) is 30.3 Å². The van der Waals surface area contributed by atoms with E-state index in [1.165, 1.54) is 24.6 Å². The van der Waals surface area contributed by atoms with Crippen LogP contribution in [0.5, 0.6) is 0 Å². The summed E-state index contributed by atoms with van der Waals surface area (Å²) >= 11 is 0. The molecule has 1 aliphatic heterocycles. The first-order valence-electron chi connectivity index (χ1n) is 13.0. The predicted octanol–water partition coefficient (Wildman–Crippen LogP) is 3.78. The number of rotatable bonds is 8. The van der Waals surface area contributed by atoms with E-state index in [1.807, 2.05) is 25.7 Å². The molecule has 1 heterocycles. The van der Waals surface area contributed by atoms with Gasteiger partial charge in [-0.1, -0.05) is 39.5 Å². The van der Waals surface area contributed by atoms with Crippen molar-refractivity contribution in [3.8, 4) is 0 Å². The van der Waals surface area contributed by atoms with Crippen LogP contribution < -0.4 is 5.32 Å². The monoisotopic (exact) mass is 498 g/mol. The van der Waals surface area contributed by atoms with E-state index in [9.17, 15) is 24.5 Å². The maximum absolute atomic E-state index is 13.5. The second kappa shape index (κ2) is 12.6. The lowest BCUT2D eigenvalue weighted by atomic mass is 9.87. The average molecular weight is 499 g/mol. The largest absolute Gasteiger partial charge is 0.340 e. The summed E-state index contributed by atoms with van der Waals surface area (Å²) in [6.45, 7) is 7.34. The number of piperazine rings is 1. The molecule has 1 aromatic carbocycles. The predicted molar refractivity (Wildman–Crippen MR) is 138 cm³/mol. The van der Waals surface area contributed by atoms with Crippen LogP contribution >= 0.6 is 0 Å². The van der Waals surface area contributed by atoms with Gasteiger partial charge in [-0.3, -0.25) is 24.5 Å². The Morgan fingerprint density at radius 1 is 1.14 bits per heavy atom. The minimum Gasteiger partial charge on any atom is -0.340 e. The Bertz CT molecular complexity index is 971. The maximum atomic E-state index is 13.5. The molecule has 1 aliphatic carbocycles. The van der Waals surface area contributed by atoms with Gasteiger partial charge in [-0.05, 0) is 49.5 Å². The van der Waals surface area contributed by atoms with Crippen molar-refractivity contribution in [3.05, 3.63) is 46.0 Å². The molecule has 9 nitrogen and oxygen atoms in total. The lowest BCUT2D eigenvalue weighted by molar-refractivity contribution is -0.384. The molecule has 36 heavy (non-hydrogen) atoms. The number of nitrogens with one attached hydrogen (secondary N) is 1. The lowest BCUT2D eigenvalue weighted by Gasteiger charge is -2.43. The molecule has 1 saturated carbocycles. The highest BCUT2D eigenvalue weighted by molar-refractivity contribution is 5.95. The molecule has 3 atom stereocenters. The Kier molecular flexibility index (Phi) is 9.61. The normalized spacial score (nSPS) is 20.7. The number of nitro groups is 1. The Morgan fingerprint density at radius 2 is 1.81 bits per heavy atom. The lowest BCUT2D eigenvalue weighted by Crippen LogP contribution is -2.60. The highest BCUT2D eigenvalue weighted by Crippen LogP contribution is 2.27. The Balaban J connectivity index is 1.60. The number of benzene rings is 1. The van der Waals surface area contributed by atoms with Gasteiger partial charge in [0.1, 0.15) is 6.04 Å². The number of hydrogen-bond acceptors (Lipinski definition) is 5. The first-order valence-corrected chi connectivity index (χ1v) is 13.0. The van der Waals surface area contributed by atoms with Crippen molar-refractivity contribution in [2.75, 3.05) is 19.6 Å². The number of nitro benzene ring substituents is 1. The fourth-order valence-electron chi connectivity index (χ4n) is 5.03. The number of carbonyl (C=O) groups excluding carboxylic acids is 3. The highest BCUT2D eigenvalue weighted by atomic mass is 16.6. The third-order valence-corrected chi connectivity index (χ3v) is 7.48. The molecule has 0 spiro atoms. The quantitative estimate of drug-likeness (QED) is 0.333. The average Bonchev–Trinajstić information content (AvgIpc) is 2.90. The van der Waals surface area contributed by atoms with Gasteiger partial charge in [-0.15, -0.1) is 0 Å². The molecule has 0 unspecified atom stereocenters. The number of carbonyl (C=O) groups is 3. The van der Waals surface area contributed by atoms with Gasteiger partial charge in [0.2, 0.25) is 17.7 Å². The maximum Gasteiger partial charge on any atom is 0.269 e. The van der Waals surface area contributed by atoms with Gasteiger partial charge in [0.25, 0.3) is 5.69 Å².